The van der Waals surface area contributed by atoms with E-state index in [0.717, 1.165) is 23.2 Å². The van der Waals surface area contributed by atoms with Crippen LogP contribution in [0.3, 0.4) is 0 Å². The van der Waals surface area contributed by atoms with Gasteiger partial charge in [0, 0.05) is 42.5 Å². The summed E-state index contributed by atoms with van der Waals surface area (Å²) in [4.78, 5) is 42.0. The van der Waals surface area contributed by atoms with Crippen LogP contribution >= 0.6 is 0 Å². The Kier molecular flexibility index (Phi) is 12.9. The van der Waals surface area contributed by atoms with Crippen LogP contribution in [0.2, 0.25) is 0 Å². The van der Waals surface area contributed by atoms with E-state index in [1.54, 1.807) is 31.5 Å². The van der Waals surface area contributed by atoms with Gasteiger partial charge in [-0.15, -0.1) is 0 Å². The second kappa shape index (κ2) is 17.6. The van der Waals surface area contributed by atoms with Crippen LogP contribution in [0.5, 0.6) is 0 Å². The summed E-state index contributed by atoms with van der Waals surface area (Å²) in [5.41, 5.74) is 1.65. The number of aliphatic hydroxyl groups is 2. The number of cyclic esters (lactones) is 1. The molecule has 14 heteroatoms. The van der Waals surface area contributed by atoms with Gasteiger partial charge in [0.2, 0.25) is 11.9 Å². The fourth-order valence-electron chi connectivity index (χ4n) is 8.98. The maximum atomic E-state index is 13.8. The molecule has 0 spiro atoms. The molecule has 4 aliphatic rings. The molecule has 8 atom stereocenters. The van der Waals surface area contributed by atoms with Gasteiger partial charge in [0.25, 0.3) is 0 Å². The maximum absolute atomic E-state index is 13.8. The zero-order valence-corrected chi connectivity index (χ0v) is 33.6. The molecule has 2 aliphatic heterocycles. The number of amidine groups is 1. The monoisotopic (exact) mass is 779 g/mol. The van der Waals surface area contributed by atoms with Crippen molar-refractivity contribution in [2.24, 2.45) is 32.7 Å². The molecule has 0 saturated heterocycles. The van der Waals surface area contributed by atoms with E-state index in [9.17, 15) is 19.8 Å². The van der Waals surface area contributed by atoms with E-state index in [1.165, 1.54) is 0 Å². The van der Waals surface area contributed by atoms with Crippen molar-refractivity contribution >= 4 is 41.8 Å². The largest absolute Gasteiger partial charge is 0.423 e. The summed E-state index contributed by atoms with van der Waals surface area (Å²) in [5.74, 6) is 0.465. The van der Waals surface area contributed by atoms with Crippen molar-refractivity contribution in [2.75, 3.05) is 45.7 Å². The van der Waals surface area contributed by atoms with E-state index in [4.69, 9.17) is 10.1 Å². The number of guanidine groups is 1. The predicted molar refractivity (Wildman–Crippen MR) is 223 cm³/mol. The molecule has 3 heterocycles. The average molecular weight is 780 g/mol. The number of benzene rings is 1. The van der Waals surface area contributed by atoms with Gasteiger partial charge in [-0.1, -0.05) is 56.3 Å². The number of aliphatic hydroxyl groups excluding tert-OH is 2. The van der Waals surface area contributed by atoms with Crippen LogP contribution in [0, 0.1) is 28.1 Å². The molecule has 14 nitrogen and oxygen atoms in total. The topological polar surface area (TPSA) is 197 Å². The SMILES string of the molecule is C=C1C(NC(C)C(=O)NC2=NCC=N2)CC2[C@](C)(CC[C@@H](O)[C@@]2(C)CO)C1CC(Nc1ccccn1)C1=C/C(=C\c2ccc(C(=N)NCCN(C)C)cc2)OC1=O. The van der Waals surface area contributed by atoms with Gasteiger partial charge in [-0.3, -0.25) is 20.8 Å². The Balaban J connectivity index is 1.30. The third-order valence-corrected chi connectivity index (χ3v) is 12.4. The van der Waals surface area contributed by atoms with Gasteiger partial charge in [0.05, 0.1) is 36.9 Å². The van der Waals surface area contributed by atoms with Gasteiger partial charge in [-0.05, 0) is 93.8 Å². The number of hydrogen-bond acceptors (Lipinski definition) is 12. The summed E-state index contributed by atoms with van der Waals surface area (Å²) < 4.78 is 5.86. The van der Waals surface area contributed by atoms with Crippen molar-refractivity contribution in [1.82, 2.24) is 25.8 Å². The Labute approximate surface area is 335 Å². The molecular weight excluding hydrogens is 723 g/mol. The summed E-state index contributed by atoms with van der Waals surface area (Å²) in [6.45, 7) is 12.3. The van der Waals surface area contributed by atoms with Crippen molar-refractivity contribution in [3.8, 4) is 0 Å². The van der Waals surface area contributed by atoms with Gasteiger partial charge >= 0.3 is 5.97 Å². The second-order valence-corrected chi connectivity index (χ2v) is 16.5. The summed E-state index contributed by atoms with van der Waals surface area (Å²) in [6.07, 6.45) is 8.35. The number of pyridine rings is 1. The molecule has 6 rings (SSSR count). The first-order chi connectivity index (χ1) is 27.2. The summed E-state index contributed by atoms with van der Waals surface area (Å²) in [5, 5.41) is 43.6. The highest BCUT2D eigenvalue weighted by Gasteiger charge is 2.60. The first kappa shape index (κ1) is 41.6. The smallest absolute Gasteiger partial charge is 0.341 e. The Bertz CT molecular complexity index is 1940. The number of nitrogens with zero attached hydrogens (tertiary/aromatic N) is 4. The maximum Gasteiger partial charge on any atom is 0.341 e. The number of rotatable bonds is 14. The molecule has 2 aromatic rings. The molecule has 5 unspecified atom stereocenters. The fraction of sp³-hybridized carbons (Fsp3) is 0.488. The normalized spacial score (nSPS) is 28.7. The summed E-state index contributed by atoms with van der Waals surface area (Å²) in [7, 11) is 3.98. The van der Waals surface area contributed by atoms with Crippen LogP contribution in [0.25, 0.3) is 6.08 Å². The number of allylic oxidation sites excluding steroid dienone is 1. The zero-order chi connectivity index (χ0) is 40.9. The molecular formula is C43H57N9O5. The first-order valence-electron chi connectivity index (χ1n) is 19.7. The molecule has 304 valence electrons. The van der Waals surface area contributed by atoms with Gasteiger partial charge in [0.15, 0.2) is 0 Å². The number of likely N-dealkylation sites (N-methyl/N-ethyl adjacent to an activating group) is 1. The minimum Gasteiger partial charge on any atom is -0.423 e. The molecule has 1 amide bonds. The lowest BCUT2D eigenvalue weighted by Crippen LogP contribution is -2.62. The van der Waals surface area contributed by atoms with E-state index < -0.39 is 35.0 Å². The summed E-state index contributed by atoms with van der Waals surface area (Å²) >= 11 is 0. The Morgan fingerprint density at radius 1 is 1.19 bits per heavy atom. The molecule has 2 fully saturated rings. The van der Waals surface area contributed by atoms with Crippen LogP contribution in [0.15, 0.2) is 88.2 Å². The third-order valence-electron chi connectivity index (χ3n) is 12.4. The third kappa shape index (κ3) is 9.25. The molecule has 7 N–H and O–H groups in total. The van der Waals surface area contributed by atoms with Gasteiger partial charge in [-0.25, -0.2) is 19.8 Å². The van der Waals surface area contributed by atoms with Gasteiger partial charge in [-0.2, -0.15) is 0 Å². The number of carbonyl (C=O) groups is 2. The van der Waals surface area contributed by atoms with Crippen molar-refractivity contribution in [3.05, 3.63) is 89.3 Å². The van der Waals surface area contributed by atoms with Crippen molar-refractivity contribution in [3.63, 3.8) is 0 Å². The van der Waals surface area contributed by atoms with E-state index in [0.29, 0.717) is 61.8 Å². The molecule has 1 aromatic heterocycles. The van der Waals surface area contributed by atoms with E-state index in [2.05, 4.69) is 54.6 Å². The minimum absolute atomic E-state index is 0.158. The highest BCUT2D eigenvalue weighted by Crippen LogP contribution is 2.62. The zero-order valence-electron chi connectivity index (χ0n) is 33.6. The lowest BCUT2D eigenvalue weighted by atomic mass is 9.45. The number of aliphatic imine (C=N–C) groups is 2. The number of anilines is 1. The van der Waals surface area contributed by atoms with Crippen molar-refractivity contribution in [2.45, 2.75) is 70.7 Å². The number of fused-ring (bicyclic) bond motifs is 1. The van der Waals surface area contributed by atoms with E-state index >= 15 is 0 Å². The summed E-state index contributed by atoms with van der Waals surface area (Å²) in [6, 6.07) is 11.5. The van der Waals surface area contributed by atoms with Gasteiger partial charge in [0.1, 0.15) is 17.4 Å². The molecule has 57 heavy (non-hydrogen) atoms. The van der Waals surface area contributed by atoms with Crippen molar-refractivity contribution < 1.29 is 24.5 Å². The average Bonchev–Trinajstić information content (AvgIpc) is 3.84. The number of carbonyl (C=O) groups excluding carboxylic acids is 2. The number of ether oxygens (including phenoxy) is 1. The highest BCUT2D eigenvalue weighted by atomic mass is 16.5. The minimum atomic E-state index is -0.813. The molecule has 2 aliphatic carbocycles. The van der Waals surface area contributed by atoms with Crippen LogP contribution in [0.1, 0.15) is 57.6 Å². The number of nitrogens with one attached hydrogen (secondary N) is 5. The van der Waals surface area contributed by atoms with Crippen molar-refractivity contribution in [1.29, 1.82) is 5.41 Å². The van der Waals surface area contributed by atoms with Crippen LogP contribution < -0.4 is 21.3 Å². The molecule has 0 radical (unpaired) electrons. The van der Waals surface area contributed by atoms with Crippen LogP contribution in [0.4, 0.5) is 5.82 Å². The molecule has 0 bridgehead atoms. The number of hydrogen-bond donors (Lipinski definition) is 7. The standard InChI is InChI=1S/C43H57N9O5/c1-26-32(42(3)15-14-36(54)43(4,25-53)35(42)24-33(26)49-27(2)39(55)51-41-47-17-18-48-41)23-34(50-37-9-7-8-16-45-37)31-22-30(57-40(31)56)21-28-10-12-29(13-11-28)38(44)46-19-20-52(5)6/h7-13,16-17,21-22,27,32-36,49,53-54H,1,14-15,18-20,23-25H2,2-6H3,(H2,44,46)(H,45,50)(H,48,51,55)/b30-21+/t27?,32?,33?,34?,35?,36-,42-,43+/m1/s1. The van der Waals surface area contributed by atoms with E-state index in [1.807, 2.05) is 63.5 Å². The molecule has 2 saturated carbocycles. The number of amides is 1. The Hall–Kier alpha value is -5.02. The lowest BCUT2D eigenvalue weighted by Gasteiger charge is -2.62. The first-order valence-corrected chi connectivity index (χ1v) is 19.7. The molecule has 1 aromatic carbocycles. The quantitative estimate of drug-likeness (QED) is 0.0646. The van der Waals surface area contributed by atoms with E-state index in [-0.39, 0.29) is 36.4 Å². The number of esters is 1. The second-order valence-electron chi connectivity index (χ2n) is 16.5. The van der Waals surface area contributed by atoms with Crippen LogP contribution in [-0.2, 0) is 14.3 Å². The fourth-order valence-corrected chi connectivity index (χ4v) is 8.98. The van der Waals surface area contributed by atoms with Crippen LogP contribution in [-0.4, -0.2) is 115 Å². The number of aromatic nitrogens is 1. The highest BCUT2D eigenvalue weighted by molar-refractivity contribution is 6.04. The lowest BCUT2D eigenvalue weighted by molar-refractivity contribution is -0.156. The van der Waals surface area contributed by atoms with Gasteiger partial charge < -0.3 is 30.5 Å². The Morgan fingerprint density at radius 3 is 2.63 bits per heavy atom. The predicted octanol–water partition coefficient (Wildman–Crippen LogP) is 3.51. The Morgan fingerprint density at radius 2 is 1.96 bits per heavy atom.